The fourth-order valence-electron chi connectivity index (χ4n) is 2.80. The lowest BCUT2D eigenvalue weighted by Gasteiger charge is -2.25. The summed E-state index contributed by atoms with van der Waals surface area (Å²) in [4.78, 5) is 3.79. The summed E-state index contributed by atoms with van der Waals surface area (Å²) < 4.78 is 44.1. The molecule has 3 rings (SSSR count). The second kappa shape index (κ2) is 6.99. The molecule has 0 bridgehead atoms. The maximum atomic E-state index is 12.7. The Balaban J connectivity index is 1.88. The van der Waals surface area contributed by atoms with Crippen molar-refractivity contribution in [1.29, 1.82) is 0 Å². The molecular weight excluding hydrogens is 341 g/mol. The van der Waals surface area contributed by atoms with E-state index in [2.05, 4.69) is 10.3 Å². The largest absolute Gasteiger partial charge is 0.468 e. The fraction of sp³-hybridized carbons (Fsp3) is 0.353. The molecule has 0 aliphatic carbocycles. The molecule has 1 N–H and O–H groups in total. The molecule has 24 heavy (non-hydrogen) atoms. The van der Waals surface area contributed by atoms with E-state index in [1.165, 1.54) is 0 Å². The lowest BCUT2D eigenvalue weighted by atomic mass is 9.95. The van der Waals surface area contributed by atoms with Gasteiger partial charge in [0.1, 0.15) is 11.1 Å². The van der Waals surface area contributed by atoms with Crippen molar-refractivity contribution in [3.63, 3.8) is 0 Å². The Bertz CT molecular complexity index is 688. The van der Waals surface area contributed by atoms with Crippen LogP contribution in [0.15, 0.2) is 42.6 Å². The van der Waals surface area contributed by atoms with Crippen LogP contribution in [0.3, 0.4) is 0 Å². The van der Waals surface area contributed by atoms with E-state index >= 15 is 0 Å². The van der Waals surface area contributed by atoms with Crippen LogP contribution in [0.4, 0.5) is 13.2 Å². The molecule has 3 nitrogen and oxygen atoms in total. The van der Waals surface area contributed by atoms with Gasteiger partial charge in [-0.25, -0.2) is 4.98 Å². The van der Waals surface area contributed by atoms with Crippen LogP contribution in [0.2, 0.25) is 5.02 Å². The Kier molecular flexibility index (Phi) is 4.96. The summed E-state index contributed by atoms with van der Waals surface area (Å²) in [6.45, 7) is 1.66. The van der Waals surface area contributed by atoms with Gasteiger partial charge in [-0.15, -0.1) is 0 Å². The number of rotatable bonds is 4. The highest BCUT2D eigenvalue weighted by atomic mass is 35.5. The van der Waals surface area contributed by atoms with Crippen LogP contribution in [0, 0.1) is 5.92 Å². The second-order valence-electron chi connectivity index (χ2n) is 5.71. The highest BCUT2D eigenvalue weighted by Gasteiger charge is 2.33. The van der Waals surface area contributed by atoms with Gasteiger partial charge in [0.2, 0.25) is 5.88 Å². The average Bonchev–Trinajstić information content (AvgIpc) is 3.08. The van der Waals surface area contributed by atoms with Crippen molar-refractivity contribution in [1.82, 2.24) is 10.3 Å². The molecule has 128 valence electrons. The zero-order chi connectivity index (χ0) is 17.2. The van der Waals surface area contributed by atoms with Crippen molar-refractivity contribution in [2.45, 2.75) is 18.7 Å². The Morgan fingerprint density at radius 2 is 2.00 bits per heavy atom. The number of hydrogen-bond acceptors (Lipinski definition) is 3. The summed E-state index contributed by atoms with van der Waals surface area (Å²) in [5.41, 5.74) is 0.0580. The number of benzene rings is 1. The molecule has 0 radical (unpaired) electrons. The number of ether oxygens (including phenoxy) is 1. The molecule has 7 heteroatoms. The van der Waals surface area contributed by atoms with Gasteiger partial charge >= 0.3 is 6.18 Å². The number of nitrogens with one attached hydrogen (secondary N) is 1. The van der Waals surface area contributed by atoms with Crippen molar-refractivity contribution in [2.75, 3.05) is 13.1 Å². The highest BCUT2D eigenvalue weighted by Crippen LogP contribution is 2.37. The van der Waals surface area contributed by atoms with E-state index in [9.17, 15) is 13.2 Å². The number of aromatic nitrogens is 1. The molecule has 1 aliphatic rings. The molecule has 1 fully saturated rings. The second-order valence-corrected chi connectivity index (χ2v) is 6.12. The normalized spacial score (nSPS) is 19.2. The van der Waals surface area contributed by atoms with E-state index in [4.69, 9.17) is 16.3 Å². The van der Waals surface area contributed by atoms with Gasteiger partial charge in [-0.3, -0.25) is 0 Å². The van der Waals surface area contributed by atoms with Crippen LogP contribution in [0.25, 0.3) is 0 Å². The van der Waals surface area contributed by atoms with Crippen molar-refractivity contribution in [2.24, 2.45) is 5.92 Å². The molecule has 2 aromatic rings. The third-order valence-electron chi connectivity index (χ3n) is 4.03. The maximum absolute atomic E-state index is 12.7. The lowest BCUT2D eigenvalue weighted by molar-refractivity contribution is -0.137. The van der Waals surface area contributed by atoms with Crippen molar-refractivity contribution in [3.05, 3.63) is 58.7 Å². The van der Waals surface area contributed by atoms with E-state index in [1.807, 2.05) is 30.3 Å². The van der Waals surface area contributed by atoms with Crippen LogP contribution >= 0.6 is 11.6 Å². The average molecular weight is 357 g/mol. The standard InChI is InChI=1S/C17H16ClF3N2O/c18-14-8-13(17(19,20)21)10-23-16(14)24-15(12-6-7-22-9-12)11-4-2-1-3-5-11/h1-5,8,10,12,15,22H,6-7,9H2/t12-,15-/m1/s1. The monoisotopic (exact) mass is 356 g/mol. The van der Waals surface area contributed by atoms with Crippen molar-refractivity contribution >= 4 is 11.6 Å². The number of alkyl halides is 3. The number of nitrogens with zero attached hydrogens (tertiary/aromatic N) is 1. The Morgan fingerprint density at radius 3 is 2.58 bits per heavy atom. The van der Waals surface area contributed by atoms with E-state index < -0.39 is 11.7 Å². The third kappa shape index (κ3) is 3.82. The SMILES string of the molecule is FC(F)(F)c1cnc(O[C@H](c2ccccc2)[C@@H]2CCNC2)c(Cl)c1. The predicted octanol–water partition coefficient (Wildman–Crippen LogP) is 4.48. The molecule has 1 aliphatic heterocycles. The minimum atomic E-state index is -4.48. The first-order chi connectivity index (χ1) is 11.4. The van der Waals surface area contributed by atoms with Gasteiger partial charge < -0.3 is 10.1 Å². The Hall–Kier alpha value is -1.79. The topological polar surface area (TPSA) is 34.1 Å². The number of pyridine rings is 1. The zero-order valence-electron chi connectivity index (χ0n) is 12.7. The van der Waals surface area contributed by atoms with Gasteiger partial charge in [-0.1, -0.05) is 41.9 Å². The molecule has 0 unspecified atom stereocenters. The summed E-state index contributed by atoms with van der Waals surface area (Å²) in [6, 6.07) is 10.4. The maximum Gasteiger partial charge on any atom is 0.417 e. The molecule has 1 aromatic heterocycles. The summed E-state index contributed by atoms with van der Waals surface area (Å²) in [7, 11) is 0. The van der Waals surface area contributed by atoms with Crippen LogP contribution in [-0.4, -0.2) is 18.1 Å². The summed E-state index contributed by atoms with van der Waals surface area (Å²) in [5.74, 6) is 0.220. The van der Waals surface area contributed by atoms with Gasteiger partial charge in [0.25, 0.3) is 0 Å². The molecule has 0 saturated carbocycles. The summed E-state index contributed by atoms with van der Waals surface area (Å²) in [6.07, 6.45) is -3.14. The number of hydrogen-bond donors (Lipinski definition) is 1. The van der Waals surface area contributed by atoms with Crippen LogP contribution in [0.5, 0.6) is 5.88 Å². The third-order valence-corrected chi connectivity index (χ3v) is 4.30. The Labute approximate surface area is 142 Å². The van der Waals surface area contributed by atoms with Gasteiger partial charge in [-0.05, 0) is 24.6 Å². The summed E-state index contributed by atoms with van der Waals surface area (Å²) in [5, 5.41) is 3.13. The molecule has 1 aromatic carbocycles. The fourth-order valence-corrected chi connectivity index (χ4v) is 3.01. The summed E-state index contributed by atoms with van der Waals surface area (Å²) >= 11 is 5.97. The lowest BCUT2D eigenvalue weighted by Crippen LogP contribution is -2.22. The predicted molar refractivity (Wildman–Crippen MR) is 85.0 cm³/mol. The first-order valence-corrected chi connectivity index (χ1v) is 7.98. The molecule has 2 heterocycles. The first-order valence-electron chi connectivity index (χ1n) is 7.60. The first kappa shape index (κ1) is 17.0. The quantitative estimate of drug-likeness (QED) is 0.876. The van der Waals surface area contributed by atoms with Crippen LogP contribution < -0.4 is 10.1 Å². The van der Waals surface area contributed by atoms with E-state index in [-0.39, 0.29) is 22.9 Å². The van der Waals surface area contributed by atoms with Gasteiger partial charge in [0, 0.05) is 18.7 Å². The molecule has 2 atom stereocenters. The van der Waals surface area contributed by atoms with Crippen LogP contribution in [0.1, 0.15) is 23.7 Å². The smallest absolute Gasteiger partial charge is 0.417 e. The molecule has 0 amide bonds. The molecular formula is C17H16ClF3N2O. The zero-order valence-corrected chi connectivity index (χ0v) is 13.4. The molecule has 1 saturated heterocycles. The minimum absolute atomic E-state index is 0.0189. The van der Waals surface area contributed by atoms with E-state index in [0.29, 0.717) is 0 Å². The van der Waals surface area contributed by atoms with E-state index in [1.54, 1.807) is 0 Å². The van der Waals surface area contributed by atoms with Crippen molar-refractivity contribution < 1.29 is 17.9 Å². The van der Waals surface area contributed by atoms with Gasteiger partial charge in [0.15, 0.2) is 0 Å². The van der Waals surface area contributed by atoms with E-state index in [0.717, 1.165) is 37.3 Å². The van der Waals surface area contributed by atoms with Crippen molar-refractivity contribution in [3.8, 4) is 5.88 Å². The molecule has 0 spiro atoms. The van der Waals surface area contributed by atoms with Gasteiger partial charge in [-0.2, -0.15) is 13.2 Å². The van der Waals surface area contributed by atoms with Crippen LogP contribution in [-0.2, 0) is 6.18 Å². The minimum Gasteiger partial charge on any atom is -0.468 e. The number of halogens is 4. The highest BCUT2D eigenvalue weighted by molar-refractivity contribution is 6.31. The van der Waals surface area contributed by atoms with Gasteiger partial charge in [0.05, 0.1) is 5.56 Å². The Morgan fingerprint density at radius 1 is 1.25 bits per heavy atom.